The number of anilines is 1. The fraction of sp³-hybridized carbons (Fsp3) is 0.386. The minimum Gasteiger partial charge on any atom is -0.497 e. The lowest BCUT2D eigenvalue weighted by atomic mass is 9.93. The molecule has 5 heterocycles. The summed E-state index contributed by atoms with van der Waals surface area (Å²) in [7, 11) is 1.57. The Balaban J connectivity index is 0.753. The van der Waals surface area contributed by atoms with Crippen LogP contribution in [0.1, 0.15) is 84.9 Å². The monoisotopic (exact) mass is 1120 g/mol. The van der Waals surface area contributed by atoms with Gasteiger partial charge < -0.3 is 49.0 Å². The van der Waals surface area contributed by atoms with E-state index in [0.29, 0.717) is 62.3 Å². The van der Waals surface area contributed by atoms with Crippen LogP contribution in [0.5, 0.6) is 17.2 Å². The van der Waals surface area contributed by atoms with E-state index in [1.807, 2.05) is 58.0 Å². The van der Waals surface area contributed by atoms with Gasteiger partial charge in [-0.25, -0.2) is 18.7 Å². The highest BCUT2D eigenvalue weighted by molar-refractivity contribution is 6.30. The number of nitrogens with one attached hydrogen (secondary N) is 2. The van der Waals surface area contributed by atoms with Gasteiger partial charge in [-0.05, 0) is 99.5 Å². The van der Waals surface area contributed by atoms with Crippen molar-refractivity contribution in [3.8, 4) is 17.2 Å². The summed E-state index contributed by atoms with van der Waals surface area (Å²) in [5, 5.41) is 11.6. The fourth-order valence-electron chi connectivity index (χ4n) is 9.74. The van der Waals surface area contributed by atoms with Gasteiger partial charge in [0, 0.05) is 67.0 Å². The van der Waals surface area contributed by atoms with Crippen LogP contribution in [0, 0.1) is 5.82 Å². The molecule has 6 aromatic rings. The highest BCUT2D eigenvalue weighted by Crippen LogP contribution is 2.46. The van der Waals surface area contributed by atoms with Crippen LogP contribution in [-0.2, 0) is 19.1 Å². The third-order valence-corrected chi connectivity index (χ3v) is 14.1. The molecule has 3 aliphatic rings. The number of hydrogen-bond acceptors (Lipinski definition) is 13. The van der Waals surface area contributed by atoms with Gasteiger partial charge in [-0.2, -0.15) is 5.10 Å². The molecular formula is C57H63Cl2FN10O9. The van der Waals surface area contributed by atoms with Crippen molar-refractivity contribution in [1.29, 1.82) is 0 Å². The quantitative estimate of drug-likeness (QED) is 0.0782. The van der Waals surface area contributed by atoms with Crippen molar-refractivity contribution < 1.29 is 47.3 Å². The van der Waals surface area contributed by atoms with Crippen molar-refractivity contribution in [2.75, 3.05) is 84.7 Å². The van der Waals surface area contributed by atoms with Crippen LogP contribution in [0.15, 0.2) is 108 Å². The number of amidine groups is 1. The zero-order valence-corrected chi connectivity index (χ0v) is 46.1. The summed E-state index contributed by atoms with van der Waals surface area (Å²) in [4.78, 5) is 72.2. The number of fused-ring (bicyclic) bond motifs is 2. The molecule has 79 heavy (non-hydrogen) atoms. The van der Waals surface area contributed by atoms with E-state index in [1.165, 1.54) is 22.8 Å². The molecule has 2 N–H and O–H groups in total. The third kappa shape index (κ3) is 13.5. The third-order valence-electron chi connectivity index (χ3n) is 13.6. The maximum Gasteiger partial charge on any atom is 0.326 e. The van der Waals surface area contributed by atoms with E-state index in [4.69, 9.17) is 51.9 Å². The highest BCUT2D eigenvalue weighted by Gasteiger charge is 2.46. The average molecular weight is 1120 g/mol. The minimum absolute atomic E-state index is 0.0736. The molecule has 19 nitrogen and oxygen atoms in total. The summed E-state index contributed by atoms with van der Waals surface area (Å²) >= 11 is 12.7. The van der Waals surface area contributed by atoms with Crippen LogP contribution in [0.25, 0.3) is 5.65 Å². The zero-order chi connectivity index (χ0) is 55.7. The molecule has 3 aliphatic heterocycles. The summed E-state index contributed by atoms with van der Waals surface area (Å²) in [5.41, 5.74) is 3.42. The van der Waals surface area contributed by atoms with Gasteiger partial charge in [-0.1, -0.05) is 47.5 Å². The van der Waals surface area contributed by atoms with Crippen LogP contribution >= 0.6 is 23.2 Å². The Morgan fingerprint density at radius 2 is 1.59 bits per heavy atom. The number of urea groups is 1. The van der Waals surface area contributed by atoms with Crippen molar-refractivity contribution in [1.82, 2.24) is 39.5 Å². The first-order valence-electron chi connectivity index (χ1n) is 26.2. The SMILES string of the molecule is COc1ccc(C2=N[C@H](c3ccc(Cl)cc3)[C@H](c3ccc(Cl)cc3)N2C(=O)N2CCN(CCOCCOCCC(=O)NCCN3C[C@H](C)Oc4ccc(F)cc4[C@@H](C)Nc4ccn5ncc(c5n4)C3=O)C(=O)C2)c(OC(C)C)c1. The average Bonchev–Trinajstić information content (AvgIpc) is 4.29. The summed E-state index contributed by atoms with van der Waals surface area (Å²) in [6.07, 6.45) is 2.52. The Hall–Kier alpha value is -7.52. The van der Waals surface area contributed by atoms with E-state index >= 15 is 4.79 Å². The van der Waals surface area contributed by atoms with E-state index in [2.05, 4.69) is 20.7 Å². The molecule has 0 spiro atoms. The first-order chi connectivity index (χ1) is 38.1. The second-order valence-corrected chi connectivity index (χ2v) is 20.5. The molecule has 0 radical (unpaired) electrons. The number of methoxy groups -OCH3 is 1. The summed E-state index contributed by atoms with van der Waals surface area (Å²) < 4.78 is 45.6. The van der Waals surface area contributed by atoms with Crippen molar-refractivity contribution >= 4 is 64.3 Å². The van der Waals surface area contributed by atoms with E-state index in [-0.39, 0.29) is 108 Å². The van der Waals surface area contributed by atoms with Crippen LogP contribution in [-0.4, -0.2) is 155 Å². The van der Waals surface area contributed by atoms with Crippen molar-refractivity contribution in [3.05, 3.63) is 147 Å². The van der Waals surface area contributed by atoms with Gasteiger partial charge in [0.15, 0.2) is 5.65 Å². The van der Waals surface area contributed by atoms with Crippen LogP contribution in [0.2, 0.25) is 10.0 Å². The molecule has 0 saturated carbocycles. The van der Waals surface area contributed by atoms with Gasteiger partial charge in [0.1, 0.15) is 59.0 Å². The first kappa shape index (κ1) is 56.2. The molecule has 4 atom stereocenters. The van der Waals surface area contributed by atoms with Crippen LogP contribution in [0.4, 0.5) is 15.0 Å². The lowest BCUT2D eigenvalue weighted by Gasteiger charge is -2.38. The smallest absolute Gasteiger partial charge is 0.326 e. The molecule has 1 fully saturated rings. The van der Waals surface area contributed by atoms with E-state index < -0.39 is 30.0 Å². The predicted octanol–water partition coefficient (Wildman–Crippen LogP) is 8.42. The number of hydrogen-bond donors (Lipinski definition) is 2. The Morgan fingerprint density at radius 1 is 0.861 bits per heavy atom. The molecular weight excluding hydrogens is 1060 g/mol. The number of aliphatic imine (C=N–C) groups is 1. The van der Waals surface area contributed by atoms with Gasteiger partial charge in [-0.3, -0.25) is 24.3 Å². The molecule has 0 unspecified atom stereocenters. The van der Waals surface area contributed by atoms with Gasteiger partial charge >= 0.3 is 6.03 Å². The van der Waals surface area contributed by atoms with Gasteiger partial charge in [0.25, 0.3) is 5.91 Å². The number of amides is 5. The molecule has 0 aliphatic carbocycles. The van der Waals surface area contributed by atoms with Gasteiger partial charge in [0.05, 0.1) is 70.0 Å². The molecule has 9 rings (SSSR count). The molecule has 416 valence electrons. The largest absolute Gasteiger partial charge is 0.497 e. The fourth-order valence-corrected chi connectivity index (χ4v) is 9.99. The topological polar surface area (TPSA) is 194 Å². The van der Waals surface area contributed by atoms with Crippen LogP contribution < -0.4 is 24.8 Å². The van der Waals surface area contributed by atoms with E-state index in [9.17, 15) is 18.8 Å². The van der Waals surface area contributed by atoms with Crippen molar-refractivity contribution in [3.63, 3.8) is 0 Å². The Labute approximate surface area is 467 Å². The first-order valence-corrected chi connectivity index (χ1v) is 27.0. The number of nitrogens with zero attached hydrogens (tertiary/aromatic N) is 8. The number of carbonyl (C=O) groups is 4. The number of aromatic nitrogens is 3. The Morgan fingerprint density at radius 3 is 2.32 bits per heavy atom. The Kier molecular flexibility index (Phi) is 18.2. The van der Waals surface area contributed by atoms with Gasteiger partial charge in [0.2, 0.25) is 11.8 Å². The predicted molar refractivity (Wildman–Crippen MR) is 296 cm³/mol. The molecule has 4 aromatic carbocycles. The molecule has 22 heteroatoms. The normalized spacial score (nSPS) is 18.6. The summed E-state index contributed by atoms with van der Waals surface area (Å²) in [6, 6.07) is 24.2. The minimum atomic E-state index is -0.635. The maximum atomic E-state index is 15.1. The number of benzene rings is 4. The number of piperazine rings is 1. The van der Waals surface area contributed by atoms with E-state index in [0.717, 1.165) is 11.1 Å². The second kappa shape index (κ2) is 25.5. The lowest BCUT2D eigenvalue weighted by Crippen LogP contribution is -2.56. The zero-order valence-electron chi connectivity index (χ0n) is 44.6. The number of carbonyl (C=O) groups excluding carboxylic acids is 4. The molecule has 2 bridgehead atoms. The molecule has 2 aromatic heterocycles. The maximum absolute atomic E-state index is 15.1. The molecule has 1 saturated heterocycles. The number of halogens is 3. The number of rotatable bonds is 18. The van der Waals surface area contributed by atoms with Crippen molar-refractivity contribution in [2.45, 2.75) is 64.4 Å². The molecule has 5 amide bonds. The van der Waals surface area contributed by atoms with Gasteiger partial charge in [-0.15, -0.1) is 0 Å². The summed E-state index contributed by atoms with van der Waals surface area (Å²) in [5.74, 6) is 1.13. The van der Waals surface area contributed by atoms with Crippen molar-refractivity contribution in [2.24, 2.45) is 4.99 Å². The summed E-state index contributed by atoms with van der Waals surface area (Å²) in [6.45, 7) is 9.48. The second-order valence-electron chi connectivity index (χ2n) is 19.6. The standard InChI is InChI=1S/C57H63Cl2FN10O9/c1-35(2)78-48-31-43(75-5)15-16-44(48)55-65-52(38-6-10-40(58)11-7-38)53(39-8-12-41(59)13-9-39)70(55)57(74)68-24-23-66(51(72)34-68)25-27-77-29-28-76-26-19-50(71)61-20-22-67-33-36(3)79-47-17-14-42(60)30-45(47)37(4)63-49-18-21-69-54(64-49)46(32-62-69)56(67)73/h6-18,21,30-32,35-37,52-53H,19-20,22-29,33-34H2,1-5H3,(H,61,71)(H,63,64)/t36-,37+,52+,53-/m0/s1. The highest BCUT2D eigenvalue weighted by atomic mass is 35.5. The van der Waals surface area contributed by atoms with E-state index in [1.54, 1.807) is 81.4 Å². The number of ether oxygens (including phenoxy) is 5. The Bertz CT molecular complexity index is 3180. The lowest BCUT2D eigenvalue weighted by molar-refractivity contribution is -0.135. The van der Waals surface area contributed by atoms with Crippen LogP contribution in [0.3, 0.4) is 0 Å².